The third kappa shape index (κ3) is 4.64. The van der Waals surface area contributed by atoms with Crippen molar-refractivity contribution in [3.05, 3.63) is 65.7 Å². The molecule has 2 aromatic rings. The van der Waals surface area contributed by atoms with Crippen molar-refractivity contribution < 1.29 is 4.79 Å². The van der Waals surface area contributed by atoms with E-state index in [0.717, 1.165) is 25.2 Å². The number of para-hydroxylation sites is 1. The monoisotopic (exact) mass is 351 g/mol. The SMILES string of the molecule is CN(C(=O)Cc1ccccc1N)[C@H](CN1CCCCC1)c1ccccc1. The number of nitrogens with two attached hydrogens (primary N) is 1. The zero-order valence-electron chi connectivity index (χ0n) is 15.6. The lowest BCUT2D eigenvalue weighted by molar-refractivity contribution is -0.131. The van der Waals surface area contributed by atoms with E-state index < -0.39 is 0 Å². The molecule has 4 nitrogen and oxygen atoms in total. The number of hydrogen-bond donors (Lipinski definition) is 1. The first-order valence-corrected chi connectivity index (χ1v) is 9.51. The minimum absolute atomic E-state index is 0.0618. The Morgan fingerprint density at radius 3 is 2.38 bits per heavy atom. The number of amides is 1. The maximum absolute atomic E-state index is 13.0. The number of nitrogen functional groups attached to an aromatic ring is 1. The van der Waals surface area contributed by atoms with Crippen LogP contribution in [0.15, 0.2) is 54.6 Å². The minimum Gasteiger partial charge on any atom is -0.398 e. The van der Waals surface area contributed by atoms with Crippen LogP contribution in [0.5, 0.6) is 0 Å². The van der Waals surface area contributed by atoms with E-state index in [1.807, 2.05) is 54.4 Å². The van der Waals surface area contributed by atoms with Crippen molar-refractivity contribution in [2.24, 2.45) is 0 Å². The number of carbonyl (C=O) groups is 1. The van der Waals surface area contributed by atoms with Crippen LogP contribution in [0.4, 0.5) is 5.69 Å². The maximum atomic E-state index is 13.0. The van der Waals surface area contributed by atoms with Crippen LogP contribution in [0.3, 0.4) is 0 Å². The van der Waals surface area contributed by atoms with Gasteiger partial charge in [-0.05, 0) is 43.1 Å². The molecule has 0 radical (unpaired) electrons. The summed E-state index contributed by atoms with van der Waals surface area (Å²) in [7, 11) is 1.92. The summed E-state index contributed by atoms with van der Waals surface area (Å²) in [5.41, 5.74) is 8.80. The second-order valence-corrected chi connectivity index (χ2v) is 7.17. The predicted molar refractivity (Wildman–Crippen MR) is 107 cm³/mol. The van der Waals surface area contributed by atoms with E-state index in [4.69, 9.17) is 5.73 Å². The molecule has 1 fully saturated rings. The average Bonchev–Trinajstić information content (AvgIpc) is 2.69. The number of nitrogens with zero attached hydrogens (tertiary/aromatic N) is 2. The lowest BCUT2D eigenvalue weighted by Crippen LogP contribution is -2.41. The quantitative estimate of drug-likeness (QED) is 0.811. The van der Waals surface area contributed by atoms with Crippen LogP contribution in [0, 0.1) is 0 Å². The zero-order valence-corrected chi connectivity index (χ0v) is 15.6. The fraction of sp³-hybridized carbons (Fsp3) is 0.409. The molecule has 26 heavy (non-hydrogen) atoms. The molecular formula is C22H29N3O. The van der Waals surface area contributed by atoms with Crippen molar-refractivity contribution in [2.75, 3.05) is 32.4 Å². The fourth-order valence-electron chi connectivity index (χ4n) is 3.67. The van der Waals surface area contributed by atoms with Crippen molar-refractivity contribution in [1.29, 1.82) is 0 Å². The second kappa shape index (κ2) is 8.86. The highest BCUT2D eigenvalue weighted by atomic mass is 16.2. The van der Waals surface area contributed by atoms with Gasteiger partial charge in [-0.15, -0.1) is 0 Å². The van der Waals surface area contributed by atoms with Crippen molar-refractivity contribution in [3.63, 3.8) is 0 Å². The standard InChI is InChI=1S/C22H29N3O/c1-24(22(26)16-19-12-6-7-13-20(19)23)21(18-10-4-2-5-11-18)17-25-14-8-3-9-15-25/h2,4-7,10-13,21H,3,8-9,14-17,23H2,1H3/t21-/m1/s1. The number of hydrogen-bond acceptors (Lipinski definition) is 3. The Hall–Kier alpha value is -2.33. The molecule has 1 aliphatic heterocycles. The fourth-order valence-corrected chi connectivity index (χ4v) is 3.67. The number of piperidine rings is 1. The van der Waals surface area contributed by atoms with Crippen LogP contribution in [-0.4, -0.2) is 42.4 Å². The van der Waals surface area contributed by atoms with Crippen LogP contribution in [0.2, 0.25) is 0 Å². The Labute approximate surface area is 156 Å². The van der Waals surface area contributed by atoms with Crippen molar-refractivity contribution in [2.45, 2.75) is 31.7 Å². The zero-order chi connectivity index (χ0) is 18.4. The van der Waals surface area contributed by atoms with Crippen LogP contribution in [0.25, 0.3) is 0 Å². The van der Waals surface area contributed by atoms with E-state index in [1.54, 1.807) is 0 Å². The first kappa shape index (κ1) is 18.5. The Kier molecular flexibility index (Phi) is 6.29. The molecule has 4 heteroatoms. The predicted octanol–water partition coefficient (Wildman–Crippen LogP) is 3.50. The molecule has 1 atom stereocenters. The van der Waals surface area contributed by atoms with E-state index in [1.165, 1.54) is 24.8 Å². The van der Waals surface area contributed by atoms with Gasteiger partial charge >= 0.3 is 0 Å². The summed E-state index contributed by atoms with van der Waals surface area (Å²) in [5.74, 6) is 0.105. The summed E-state index contributed by atoms with van der Waals surface area (Å²) in [6.07, 6.45) is 4.15. The molecule has 1 heterocycles. The van der Waals surface area contributed by atoms with Crippen LogP contribution in [-0.2, 0) is 11.2 Å². The Bertz CT molecular complexity index is 710. The third-order valence-corrected chi connectivity index (χ3v) is 5.32. The molecular weight excluding hydrogens is 322 g/mol. The van der Waals surface area contributed by atoms with Gasteiger partial charge in [0, 0.05) is 19.3 Å². The van der Waals surface area contributed by atoms with Crippen molar-refractivity contribution in [1.82, 2.24) is 9.80 Å². The van der Waals surface area contributed by atoms with Gasteiger partial charge in [-0.25, -0.2) is 0 Å². The van der Waals surface area contributed by atoms with Crippen molar-refractivity contribution >= 4 is 11.6 Å². The molecule has 3 rings (SSSR count). The Balaban J connectivity index is 1.76. The molecule has 0 aromatic heterocycles. The van der Waals surface area contributed by atoms with Gasteiger partial charge in [0.05, 0.1) is 12.5 Å². The number of likely N-dealkylation sites (tertiary alicyclic amines) is 1. The normalized spacial score (nSPS) is 16.2. The topological polar surface area (TPSA) is 49.6 Å². The molecule has 2 N–H and O–H groups in total. The van der Waals surface area contributed by atoms with Crippen molar-refractivity contribution in [3.8, 4) is 0 Å². The molecule has 1 amide bonds. The summed E-state index contributed by atoms with van der Waals surface area (Å²) < 4.78 is 0. The molecule has 0 spiro atoms. The highest BCUT2D eigenvalue weighted by molar-refractivity contribution is 5.80. The highest BCUT2D eigenvalue weighted by Gasteiger charge is 2.25. The van der Waals surface area contributed by atoms with E-state index in [2.05, 4.69) is 17.0 Å². The molecule has 1 saturated heterocycles. The molecule has 0 aliphatic carbocycles. The molecule has 1 aliphatic rings. The van der Waals surface area contributed by atoms with Gasteiger partial charge in [-0.1, -0.05) is 55.0 Å². The number of likely N-dealkylation sites (N-methyl/N-ethyl adjacent to an activating group) is 1. The molecule has 138 valence electrons. The number of rotatable bonds is 6. The Morgan fingerprint density at radius 1 is 1.04 bits per heavy atom. The molecule has 0 bridgehead atoms. The largest absolute Gasteiger partial charge is 0.398 e. The smallest absolute Gasteiger partial charge is 0.227 e. The van der Waals surface area contributed by atoms with Crippen LogP contribution < -0.4 is 5.73 Å². The highest BCUT2D eigenvalue weighted by Crippen LogP contribution is 2.24. The number of carbonyl (C=O) groups excluding carboxylic acids is 1. The van der Waals surface area contributed by atoms with Gasteiger partial charge in [0.2, 0.25) is 5.91 Å². The van der Waals surface area contributed by atoms with Gasteiger partial charge < -0.3 is 15.5 Å². The average molecular weight is 351 g/mol. The van der Waals surface area contributed by atoms with E-state index in [9.17, 15) is 4.79 Å². The number of benzene rings is 2. The van der Waals surface area contributed by atoms with Crippen LogP contribution in [0.1, 0.15) is 36.4 Å². The Morgan fingerprint density at radius 2 is 1.69 bits per heavy atom. The van der Waals surface area contributed by atoms with Gasteiger partial charge in [0.25, 0.3) is 0 Å². The second-order valence-electron chi connectivity index (χ2n) is 7.17. The minimum atomic E-state index is 0.0618. The molecule has 0 saturated carbocycles. The maximum Gasteiger partial charge on any atom is 0.227 e. The van der Waals surface area contributed by atoms with Crippen LogP contribution >= 0.6 is 0 Å². The lowest BCUT2D eigenvalue weighted by Gasteiger charge is -2.35. The van der Waals surface area contributed by atoms with E-state index >= 15 is 0 Å². The first-order valence-electron chi connectivity index (χ1n) is 9.51. The van der Waals surface area contributed by atoms with Gasteiger partial charge in [-0.3, -0.25) is 4.79 Å². The van der Waals surface area contributed by atoms with Gasteiger partial charge in [0.1, 0.15) is 0 Å². The van der Waals surface area contributed by atoms with Gasteiger partial charge in [0.15, 0.2) is 0 Å². The van der Waals surface area contributed by atoms with Gasteiger partial charge in [-0.2, -0.15) is 0 Å². The summed E-state index contributed by atoms with van der Waals surface area (Å²) in [6, 6.07) is 18.0. The molecule has 0 unspecified atom stereocenters. The summed E-state index contributed by atoms with van der Waals surface area (Å²) in [6.45, 7) is 3.13. The molecule has 2 aromatic carbocycles. The third-order valence-electron chi connectivity index (χ3n) is 5.32. The van der Waals surface area contributed by atoms with E-state index in [0.29, 0.717) is 12.1 Å². The lowest BCUT2D eigenvalue weighted by atomic mass is 10.0. The van der Waals surface area contributed by atoms with E-state index in [-0.39, 0.29) is 11.9 Å². The first-order chi connectivity index (χ1) is 12.6. The summed E-state index contributed by atoms with van der Waals surface area (Å²) >= 11 is 0. The number of anilines is 1. The summed E-state index contributed by atoms with van der Waals surface area (Å²) in [5, 5.41) is 0. The summed E-state index contributed by atoms with van der Waals surface area (Å²) in [4.78, 5) is 17.4.